The van der Waals surface area contributed by atoms with Crippen molar-refractivity contribution in [1.82, 2.24) is 29.6 Å². The summed E-state index contributed by atoms with van der Waals surface area (Å²) >= 11 is 0. The summed E-state index contributed by atoms with van der Waals surface area (Å²) in [6, 6.07) is 4.20. The van der Waals surface area contributed by atoms with Crippen molar-refractivity contribution in [3.63, 3.8) is 0 Å². The van der Waals surface area contributed by atoms with Crippen molar-refractivity contribution < 1.29 is 4.79 Å². The molecule has 0 atom stereocenters. The van der Waals surface area contributed by atoms with Crippen molar-refractivity contribution >= 4 is 22.9 Å². The number of carbonyl (C=O) groups is 1. The zero-order chi connectivity index (χ0) is 26.6. The fourth-order valence-corrected chi connectivity index (χ4v) is 6.22. The van der Waals surface area contributed by atoms with Gasteiger partial charge in [0.15, 0.2) is 5.65 Å². The third-order valence-electron chi connectivity index (χ3n) is 8.60. The molecule has 0 aromatic carbocycles. The number of anilines is 1. The summed E-state index contributed by atoms with van der Waals surface area (Å²) in [6.07, 6.45) is 12.2. The number of fused-ring (bicyclic) bond motifs is 1. The van der Waals surface area contributed by atoms with E-state index in [0.717, 1.165) is 91.8 Å². The molecule has 1 amide bonds. The Labute approximate surface area is 226 Å². The fourth-order valence-electron chi connectivity index (χ4n) is 6.22. The van der Waals surface area contributed by atoms with E-state index in [1.165, 1.54) is 19.3 Å². The van der Waals surface area contributed by atoms with Crippen LogP contribution in [0.2, 0.25) is 0 Å². The van der Waals surface area contributed by atoms with Crippen LogP contribution in [0.4, 0.5) is 5.95 Å². The van der Waals surface area contributed by atoms with Crippen molar-refractivity contribution in [2.24, 2.45) is 5.92 Å². The number of likely N-dealkylation sites (tertiary alicyclic amines) is 1. The molecule has 0 unspecified atom stereocenters. The minimum absolute atomic E-state index is 0.103. The van der Waals surface area contributed by atoms with Gasteiger partial charge < -0.3 is 10.2 Å². The molecule has 0 bridgehead atoms. The van der Waals surface area contributed by atoms with Gasteiger partial charge in [-0.05, 0) is 57.6 Å². The van der Waals surface area contributed by atoms with Gasteiger partial charge in [-0.1, -0.05) is 46.0 Å². The Morgan fingerprint density at radius 3 is 2.34 bits per heavy atom. The summed E-state index contributed by atoms with van der Waals surface area (Å²) < 4.78 is 2.22. The van der Waals surface area contributed by atoms with E-state index in [1.54, 1.807) is 0 Å². The standard InChI is InChI=1S/C30H43N7O/c1-5-22(6-2)18-31-30-32-19-26-27(35-37(28(26)34-30)25-10-8-7-9-11-25)23-12-14-36(15-13-23)29(38)24-16-20(3)33-21(4)17-24/h16-17,19,22-23,25H,5-15,18H2,1-4H3,(H,31,32,34). The number of piperidine rings is 1. The summed E-state index contributed by atoms with van der Waals surface area (Å²) in [5.41, 5.74) is 4.59. The second-order valence-corrected chi connectivity index (χ2v) is 11.3. The Morgan fingerprint density at radius 1 is 1.00 bits per heavy atom. The van der Waals surface area contributed by atoms with Crippen LogP contribution in [-0.2, 0) is 0 Å². The predicted molar refractivity (Wildman–Crippen MR) is 152 cm³/mol. The molecule has 3 aromatic heterocycles. The first kappa shape index (κ1) is 26.6. The molecule has 0 spiro atoms. The maximum atomic E-state index is 13.2. The maximum Gasteiger partial charge on any atom is 0.253 e. The van der Waals surface area contributed by atoms with Crippen LogP contribution in [0.15, 0.2) is 18.3 Å². The molecule has 4 heterocycles. The number of nitrogens with zero attached hydrogens (tertiary/aromatic N) is 6. The minimum atomic E-state index is 0.103. The van der Waals surface area contributed by atoms with Gasteiger partial charge in [-0.2, -0.15) is 10.1 Å². The van der Waals surface area contributed by atoms with Crippen LogP contribution in [0.5, 0.6) is 0 Å². The monoisotopic (exact) mass is 517 g/mol. The van der Waals surface area contributed by atoms with Gasteiger partial charge >= 0.3 is 0 Å². The Morgan fingerprint density at radius 2 is 1.68 bits per heavy atom. The number of hydrogen-bond acceptors (Lipinski definition) is 6. The molecule has 8 heteroatoms. The Bertz CT molecular complexity index is 1230. The zero-order valence-corrected chi connectivity index (χ0v) is 23.5. The molecule has 0 radical (unpaired) electrons. The molecule has 1 saturated heterocycles. The highest BCUT2D eigenvalue weighted by atomic mass is 16.2. The third kappa shape index (κ3) is 5.69. The fraction of sp³-hybridized carbons (Fsp3) is 0.633. The van der Waals surface area contributed by atoms with E-state index in [0.29, 0.717) is 23.8 Å². The van der Waals surface area contributed by atoms with Gasteiger partial charge in [-0.15, -0.1) is 0 Å². The van der Waals surface area contributed by atoms with E-state index >= 15 is 0 Å². The normalized spacial score (nSPS) is 17.4. The lowest BCUT2D eigenvalue weighted by Crippen LogP contribution is -2.38. The number of carbonyl (C=O) groups excluding carboxylic acids is 1. The number of pyridine rings is 1. The Balaban J connectivity index is 1.37. The molecule has 8 nitrogen and oxygen atoms in total. The molecule has 2 aliphatic rings. The zero-order valence-electron chi connectivity index (χ0n) is 23.5. The molecule has 1 N–H and O–H groups in total. The average Bonchev–Trinajstić information content (AvgIpc) is 3.32. The lowest BCUT2D eigenvalue weighted by molar-refractivity contribution is 0.0712. The number of aryl methyl sites for hydroxylation is 2. The summed E-state index contributed by atoms with van der Waals surface area (Å²) in [5.74, 6) is 1.74. The predicted octanol–water partition coefficient (Wildman–Crippen LogP) is 6.21. The van der Waals surface area contributed by atoms with Crippen LogP contribution < -0.4 is 5.32 Å². The summed E-state index contributed by atoms with van der Waals surface area (Å²) in [5, 5.41) is 9.80. The van der Waals surface area contributed by atoms with Crippen LogP contribution in [0.3, 0.4) is 0 Å². The largest absolute Gasteiger partial charge is 0.354 e. The van der Waals surface area contributed by atoms with E-state index in [9.17, 15) is 4.79 Å². The third-order valence-corrected chi connectivity index (χ3v) is 8.60. The van der Waals surface area contributed by atoms with Crippen molar-refractivity contribution in [2.45, 2.75) is 97.4 Å². The van der Waals surface area contributed by atoms with Gasteiger partial charge in [0.2, 0.25) is 5.95 Å². The lowest BCUT2D eigenvalue weighted by Gasteiger charge is -2.31. The topological polar surface area (TPSA) is 88.8 Å². The first-order valence-corrected chi connectivity index (χ1v) is 14.7. The molecule has 5 rings (SSSR count). The molecule has 3 aromatic rings. The van der Waals surface area contributed by atoms with Gasteiger partial charge in [0.05, 0.1) is 17.1 Å². The second kappa shape index (κ2) is 11.8. The van der Waals surface area contributed by atoms with Crippen LogP contribution in [0.25, 0.3) is 11.0 Å². The number of aromatic nitrogens is 5. The van der Waals surface area contributed by atoms with Crippen LogP contribution >= 0.6 is 0 Å². The highest BCUT2D eigenvalue weighted by molar-refractivity contribution is 5.94. The van der Waals surface area contributed by atoms with Crippen LogP contribution in [0.1, 0.15) is 111 Å². The maximum absolute atomic E-state index is 13.2. The average molecular weight is 518 g/mol. The quantitative estimate of drug-likeness (QED) is 0.382. The number of rotatable bonds is 8. The van der Waals surface area contributed by atoms with Crippen molar-refractivity contribution in [1.29, 1.82) is 0 Å². The molecule has 1 aliphatic heterocycles. The van der Waals surface area contributed by atoms with Gasteiger partial charge in [-0.3, -0.25) is 9.78 Å². The van der Waals surface area contributed by atoms with Gasteiger partial charge in [0.1, 0.15) is 0 Å². The van der Waals surface area contributed by atoms with Crippen LogP contribution in [0, 0.1) is 19.8 Å². The molecule has 2 fully saturated rings. The molecule has 1 saturated carbocycles. The summed E-state index contributed by atoms with van der Waals surface area (Å²) in [7, 11) is 0. The highest BCUT2D eigenvalue weighted by Gasteiger charge is 2.30. The Hall–Kier alpha value is -3.03. The highest BCUT2D eigenvalue weighted by Crippen LogP contribution is 2.36. The van der Waals surface area contributed by atoms with E-state index in [1.807, 2.05) is 37.1 Å². The molecular formula is C30H43N7O. The Kier molecular flexibility index (Phi) is 8.24. The first-order valence-electron chi connectivity index (χ1n) is 14.7. The molecule has 1 aliphatic carbocycles. The van der Waals surface area contributed by atoms with Gasteiger partial charge in [-0.25, -0.2) is 9.67 Å². The van der Waals surface area contributed by atoms with E-state index in [4.69, 9.17) is 15.1 Å². The van der Waals surface area contributed by atoms with Gasteiger partial charge in [0, 0.05) is 48.7 Å². The van der Waals surface area contributed by atoms with Crippen molar-refractivity contribution in [3.8, 4) is 0 Å². The SMILES string of the molecule is CCC(CC)CNc1ncc2c(C3CCN(C(=O)c4cc(C)nc(C)c4)CC3)nn(C3CCCCC3)c2n1. The lowest BCUT2D eigenvalue weighted by atomic mass is 9.92. The van der Waals surface area contributed by atoms with Gasteiger partial charge in [0.25, 0.3) is 5.91 Å². The number of nitrogens with one attached hydrogen (secondary N) is 1. The smallest absolute Gasteiger partial charge is 0.253 e. The minimum Gasteiger partial charge on any atom is -0.354 e. The van der Waals surface area contributed by atoms with Crippen LogP contribution in [-0.4, -0.2) is 55.2 Å². The van der Waals surface area contributed by atoms with E-state index < -0.39 is 0 Å². The van der Waals surface area contributed by atoms with E-state index in [-0.39, 0.29) is 5.91 Å². The number of hydrogen-bond donors (Lipinski definition) is 1. The molecule has 38 heavy (non-hydrogen) atoms. The summed E-state index contributed by atoms with van der Waals surface area (Å²) in [4.78, 5) is 29.3. The molecular weight excluding hydrogens is 474 g/mol. The van der Waals surface area contributed by atoms with Crippen molar-refractivity contribution in [3.05, 3.63) is 41.0 Å². The number of amides is 1. The first-order chi connectivity index (χ1) is 18.5. The van der Waals surface area contributed by atoms with E-state index in [2.05, 4.69) is 28.8 Å². The van der Waals surface area contributed by atoms with Crippen molar-refractivity contribution in [2.75, 3.05) is 25.0 Å². The summed E-state index contributed by atoms with van der Waals surface area (Å²) in [6.45, 7) is 10.7. The molecule has 204 valence electrons. The second-order valence-electron chi connectivity index (χ2n) is 11.3.